The Balaban J connectivity index is 2.10. The van der Waals surface area contributed by atoms with E-state index < -0.39 is 43.4 Å². The minimum absolute atomic E-state index is 0.106. The highest BCUT2D eigenvalue weighted by Gasteiger charge is 2.44. The summed E-state index contributed by atoms with van der Waals surface area (Å²) in [5.74, 6) is -0.304. The fourth-order valence-electron chi connectivity index (χ4n) is 10.1. The lowest BCUT2D eigenvalue weighted by Gasteiger charge is -2.39. The lowest BCUT2D eigenvalue weighted by molar-refractivity contribution is -0.305. The number of ether oxygens (including phenoxy) is 4. The van der Waals surface area contributed by atoms with Crippen molar-refractivity contribution in [3.63, 3.8) is 0 Å². The van der Waals surface area contributed by atoms with Crippen LogP contribution in [0.25, 0.3) is 0 Å². The predicted molar refractivity (Wildman–Crippen MR) is 298 cm³/mol. The number of aliphatic hydroxyl groups is 4. The van der Waals surface area contributed by atoms with Gasteiger partial charge in [-0.3, -0.25) is 4.79 Å². The molecule has 9 nitrogen and oxygen atoms in total. The molecule has 0 radical (unpaired) electrons. The highest BCUT2D eigenvalue weighted by molar-refractivity contribution is 5.69. The van der Waals surface area contributed by atoms with Crippen LogP contribution in [0.15, 0.2) is 12.2 Å². The summed E-state index contributed by atoms with van der Waals surface area (Å²) in [4.78, 5) is 12.9. The normalized spacial score (nSPS) is 18.8. The van der Waals surface area contributed by atoms with Crippen LogP contribution in [-0.4, -0.2) is 89.6 Å². The van der Waals surface area contributed by atoms with Gasteiger partial charge in [0.05, 0.1) is 19.8 Å². The summed E-state index contributed by atoms with van der Waals surface area (Å²) in [5.41, 5.74) is 0. The zero-order valence-corrected chi connectivity index (χ0v) is 47.0. The van der Waals surface area contributed by atoms with Gasteiger partial charge < -0.3 is 39.4 Å². The third-order valence-corrected chi connectivity index (χ3v) is 14.9. The zero-order chi connectivity index (χ0) is 51.3. The number of carbonyl (C=O) groups is 1. The maximum absolute atomic E-state index is 12.9. The third kappa shape index (κ3) is 43.8. The summed E-state index contributed by atoms with van der Waals surface area (Å²) in [6.45, 7) is 4.64. The molecule has 6 unspecified atom stereocenters. The number of hydrogen-bond acceptors (Lipinski definition) is 9. The molecular formula is C62H120O9. The molecule has 0 amide bonds. The van der Waals surface area contributed by atoms with Gasteiger partial charge in [0.25, 0.3) is 0 Å². The van der Waals surface area contributed by atoms with Gasteiger partial charge in [0.15, 0.2) is 6.29 Å². The molecule has 1 heterocycles. The molecule has 422 valence electrons. The van der Waals surface area contributed by atoms with Gasteiger partial charge in [-0.25, -0.2) is 0 Å². The van der Waals surface area contributed by atoms with Crippen molar-refractivity contribution in [3.05, 3.63) is 12.2 Å². The number of aliphatic hydroxyl groups excluding tert-OH is 4. The van der Waals surface area contributed by atoms with Gasteiger partial charge in [0.2, 0.25) is 0 Å². The second-order valence-corrected chi connectivity index (χ2v) is 21.9. The molecule has 1 aliphatic rings. The van der Waals surface area contributed by atoms with Crippen molar-refractivity contribution in [2.24, 2.45) is 0 Å². The SMILES string of the molecule is CCCCCCCCCC/C=C\CCCCCCCCCCCCCCOCC(COC1OC(CO)C(O)C(O)C1O)OC(=O)CCCCCCCCCCCCCCCCCCCCCCCCCC. The number of esters is 1. The first kappa shape index (κ1) is 67.9. The van der Waals surface area contributed by atoms with E-state index in [-0.39, 0.29) is 19.2 Å². The lowest BCUT2D eigenvalue weighted by atomic mass is 9.99. The maximum Gasteiger partial charge on any atom is 0.306 e. The van der Waals surface area contributed by atoms with E-state index in [0.717, 1.165) is 32.1 Å². The first-order valence-electron chi connectivity index (χ1n) is 31.3. The summed E-state index contributed by atoms with van der Waals surface area (Å²) >= 11 is 0. The summed E-state index contributed by atoms with van der Waals surface area (Å²) in [7, 11) is 0. The Morgan fingerprint density at radius 1 is 0.437 bits per heavy atom. The molecule has 0 aromatic heterocycles. The Morgan fingerprint density at radius 2 is 0.775 bits per heavy atom. The van der Waals surface area contributed by atoms with Crippen molar-refractivity contribution < 1.29 is 44.2 Å². The smallest absolute Gasteiger partial charge is 0.306 e. The molecule has 6 atom stereocenters. The molecule has 0 aliphatic carbocycles. The van der Waals surface area contributed by atoms with E-state index in [2.05, 4.69) is 26.0 Å². The maximum atomic E-state index is 12.9. The van der Waals surface area contributed by atoms with Crippen LogP contribution in [0.1, 0.15) is 316 Å². The molecular weight excluding hydrogens is 889 g/mol. The van der Waals surface area contributed by atoms with Gasteiger partial charge in [-0.1, -0.05) is 283 Å². The standard InChI is InChI=1S/C62H120O9/c1-3-5-7-9-11-13-15-17-19-21-23-25-27-29-31-33-35-37-39-41-43-45-47-49-51-58(64)70-56(55-69-62-61(67)60(66)59(65)57(53-63)71-62)54-68-52-50-48-46-44-42-40-38-36-34-32-30-28-26-24-22-20-18-16-14-12-10-8-6-4-2/h22,24,56-57,59-63,65-67H,3-21,23,25-55H2,1-2H3/b24-22-. The van der Waals surface area contributed by atoms with Crippen LogP contribution in [0, 0.1) is 0 Å². The van der Waals surface area contributed by atoms with Crippen molar-refractivity contribution >= 4 is 5.97 Å². The molecule has 0 bridgehead atoms. The monoisotopic (exact) mass is 1010 g/mol. The van der Waals surface area contributed by atoms with Crippen LogP contribution in [0.4, 0.5) is 0 Å². The molecule has 0 spiro atoms. The minimum Gasteiger partial charge on any atom is -0.457 e. The fourth-order valence-corrected chi connectivity index (χ4v) is 10.1. The number of rotatable bonds is 56. The molecule has 71 heavy (non-hydrogen) atoms. The lowest BCUT2D eigenvalue weighted by Crippen LogP contribution is -2.59. The van der Waals surface area contributed by atoms with E-state index in [0.29, 0.717) is 13.0 Å². The van der Waals surface area contributed by atoms with E-state index in [1.54, 1.807) is 0 Å². The van der Waals surface area contributed by atoms with Gasteiger partial charge in [-0.15, -0.1) is 0 Å². The minimum atomic E-state index is -1.53. The molecule has 1 aliphatic heterocycles. The van der Waals surface area contributed by atoms with E-state index in [4.69, 9.17) is 18.9 Å². The Morgan fingerprint density at radius 3 is 1.14 bits per heavy atom. The van der Waals surface area contributed by atoms with Crippen molar-refractivity contribution in [1.29, 1.82) is 0 Å². The number of allylic oxidation sites excluding steroid dienone is 2. The van der Waals surface area contributed by atoms with E-state index in [1.807, 2.05) is 0 Å². The molecule has 9 heteroatoms. The van der Waals surface area contributed by atoms with Gasteiger partial charge in [0, 0.05) is 13.0 Å². The molecule has 1 fully saturated rings. The molecule has 0 saturated carbocycles. The fraction of sp³-hybridized carbons (Fsp3) is 0.952. The molecule has 1 saturated heterocycles. The number of carbonyl (C=O) groups excluding carboxylic acids is 1. The Bertz CT molecular complexity index is 1100. The van der Waals surface area contributed by atoms with Crippen LogP contribution >= 0.6 is 0 Å². The van der Waals surface area contributed by atoms with E-state index in [1.165, 1.54) is 263 Å². The van der Waals surface area contributed by atoms with Crippen molar-refractivity contribution in [3.8, 4) is 0 Å². The first-order chi connectivity index (χ1) is 34.9. The van der Waals surface area contributed by atoms with Crippen molar-refractivity contribution in [2.45, 2.75) is 352 Å². The van der Waals surface area contributed by atoms with Gasteiger partial charge in [0.1, 0.15) is 30.5 Å². The van der Waals surface area contributed by atoms with E-state index >= 15 is 0 Å². The molecule has 0 aromatic rings. The van der Waals surface area contributed by atoms with Crippen LogP contribution < -0.4 is 0 Å². The van der Waals surface area contributed by atoms with Gasteiger partial charge >= 0.3 is 5.97 Å². The van der Waals surface area contributed by atoms with Crippen molar-refractivity contribution in [1.82, 2.24) is 0 Å². The molecule has 0 aromatic carbocycles. The Hall–Kier alpha value is -1.07. The predicted octanol–water partition coefficient (Wildman–Crippen LogP) is 16.7. The Kier molecular flexibility index (Phi) is 51.4. The average Bonchev–Trinajstić information content (AvgIpc) is 3.37. The van der Waals surface area contributed by atoms with Crippen molar-refractivity contribution in [2.75, 3.05) is 26.4 Å². The van der Waals surface area contributed by atoms with Gasteiger partial charge in [-0.2, -0.15) is 0 Å². The first-order valence-corrected chi connectivity index (χ1v) is 31.3. The zero-order valence-electron chi connectivity index (χ0n) is 47.0. The largest absolute Gasteiger partial charge is 0.457 e. The summed E-state index contributed by atoms with van der Waals surface area (Å²) in [5, 5.41) is 40.4. The number of hydrogen-bond donors (Lipinski definition) is 4. The summed E-state index contributed by atoms with van der Waals surface area (Å²) in [6, 6.07) is 0. The highest BCUT2D eigenvalue weighted by atomic mass is 16.7. The topological polar surface area (TPSA) is 135 Å². The summed E-state index contributed by atoms with van der Waals surface area (Å²) < 4.78 is 23.0. The van der Waals surface area contributed by atoms with Crippen LogP contribution in [0.2, 0.25) is 0 Å². The third-order valence-electron chi connectivity index (χ3n) is 14.9. The Labute approximate surface area is 439 Å². The molecule has 4 N–H and O–H groups in total. The van der Waals surface area contributed by atoms with E-state index in [9.17, 15) is 25.2 Å². The van der Waals surface area contributed by atoms with Gasteiger partial charge in [-0.05, 0) is 38.5 Å². The highest BCUT2D eigenvalue weighted by Crippen LogP contribution is 2.23. The van der Waals surface area contributed by atoms with Crippen LogP contribution in [0.3, 0.4) is 0 Å². The number of unbranched alkanes of at least 4 members (excludes halogenated alkanes) is 43. The van der Waals surface area contributed by atoms with Crippen LogP contribution in [-0.2, 0) is 23.7 Å². The quantitative estimate of drug-likeness (QED) is 0.0267. The summed E-state index contributed by atoms with van der Waals surface area (Å²) in [6.07, 6.45) is 58.5. The average molecular weight is 1010 g/mol. The van der Waals surface area contributed by atoms with Crippen LogP contribution in [0.5, 0.6) is 0 Å². The second kappa shape index (κ2) is 53.7. The second-order valence-electron chi connectivity index (χ2n) is 21.9. The molecule has 1 rings (SSSR count).